The van der Waals surface area contributed by atoms with Crippen LogP contribution in [0.5, 0.6) is 0 Å². The smallest absolute Gasteiger partial charge is 0.145 e. The number of rotatable bonds is 6. The Balaban J connectivity index is 1.98. The van der Waals surface area contributed by atoms with Gasteiger partial charge in [-0.05, 0) is 50.3 Å². The summed E-state index contributed by atoms with van der Waals surface area (Å²) in [6, 6.07) is 5.44. The highest BCUT2D eigenvalue weighted by molar-refractivity contribution is 6.30. The van der Waals surface area contributed by atoms with E-state index in [1.165, 1.54) is 6.42 Å². The lowest BCUT2D eigenvalue weighted by molar-refractivity contribution is 0.00530. The van der Waals surface area contributed by atoms with Gasteiger partial charge in [0.2, 0.25) is 0 Å². The highest BCUT2D eigenvalue weighted by Crippen LogP contribution is 2.22. The first kappa shape index (κ1) is 15.7. The number of likely N-dealkylation sites (N-methyl/N-ethyl adjacent to an activating group) is 1. The van der Waals surface area contributed by atoms with Crippen LogP contribution in [-0.4, -0.2) is 25.3 Å². The van der Waals surface area contributed by atoms with Crippen molar-refractivity contribution in [3.8, 4) is 0 Å². The number of hydrogen-bond donors (Lipinski definition) is 1. The van der Waals surface area contributed by atoms with E-state index in [1.54, 1.807) is 12.1 Å². The van der Waals surface area contributed by atoms with E-state index in [0.717, 1.165) is 32.4 Å². The number of benzene rings is 1. The molecule has 4 heteroatoms. The van der Waals surface area contributed by atoms with Crippen molar-refractivity contribution in [2.24, 2.45) is 0 Å². The molecule has 1 heterocycles. The maximum Gasteiger partial charge on any atom is 0.145 e. The van der Waals surface area contributed by atoms with Gasteiger partial charge in [-0.25, -0.2) is 4.39 Å². The number of ether oxygens (including phenoxy) is 1. The third-order valence-electron chi connectivity index (χ3n) is 3.81. The molecule has 1 aromatic rings. The lowest BCUT2D eigenvalue weighted by Gasteiger charge is -2.27. The van der Waals surface area contributed by atoms with Crippen LogP contribution in [0.3, 0.4) is 0 Å². The summed E-state index contributed by atoms with van der Waals surface area (Å²) in [4.78, 5) is 0. The van der Waals surface area contributed by atoms with Crippen LogP contribution in [0.1, 0.15) is 38.2 Å². The van der Waals surface area contributed by atoms with E-state index in [2.05, 4.69) is 12.2 Å². The van der Waals surface area contributed by atoms with Crippen LogP contribution in [0.4, 0.5) is 4.39 Å². The zero-order chi connectivity index (χ0) is 14.4. The van der Waals surface area contributed by atoms with E-state index in [1.807, 2.05) is 6.07 Å². The Labute approximate surface area is 125 Å². The van der Waals surface area contributed by atoms with Gasteiger partial charge in [0.1, 0.15) is 5.82 Å². The second kappa shape index (κ2) is 7.96. The molecule has 2 rings (SSSR count). The molecule has 0 aliphatic carbocycles. The van der Waals surface area contributed by atoms with Gasteiger partial charge in [0.05, 0.1) is 11.1 Å². The van der Waals surface area contributed by atoms with Gasteiger partial charge in [-0.2, -0.15) is 0 Å². The third kappa shape index (κ3) is 4.44. The van der Waals surface area contributed by atoms with Crippen molar-refractivity contribution in [1.82, 2.24) is 5.32 Å². The molecule has 2 nitrogen and oxygen atoms in total. The molecule has 1 N–H and O–H groups in total. The maximum absolute atomic E-state index is 14.0. The number of hydrogen-bond acceptors (Lipinski definition) is 2. The molecule has 0 spiro atoms. The van der Waals surface area contributed by atoms with Gasteiger partial charge in [0.15, 0.2) is 0 Å². The van der Waals surface area contributed by atoms with Crippen LogP contribution in [0.2, 0.25) is 5.02 Å². The Morgan fingerprint density at radius 2 is 2.30 bits per heavy atom. The summed E-state index contributed by atoms with van der Waals surface area (Å²) in [7, 11) is 0. The van der Waals surface area contributed by atoms with E-state index >= 15 is 0 Å². The van der Waals surface area contributed by atoms with Crippen LogP contribution in [0.25, 0.3) is 0 Å². The Kier molecular flexibility index (Phi) is 6.27. The van der Waals surface area contributed by atoms with Crippen LogP contribution in [0.15, 0.2) is 18.2 Å². The molecule has 0 saturated carbocycles. The zero-order valence-electron chi connectivity index (χ0n) is 12.0. The molecule has 1 fully saturated rings. The Morgan fingerprint density at radius 1 is 1.45 bits per heavy atom. The normalized spacial score (nSPS) is 20.9. The van der Waals surface area contributed by atoms with Crippen LogP contribution in [-0.2, 0) is 11.2 Å². The average molecular weight is 300 g/mol. The van der Waals surface area contributed by atoms with Gasteiger partial charge in [-0.1, -0.05) is 30.7 Å². The topological polar surface area (TPSA) is 21.3 Å². The molecule has 112 valence electrons. The fourth-order valence-electron chi connectivity index (χ4n) is 2.81. The van der Waals surface area contributed by atoms with E-state index < -0.39 is 0 Å². The summed E-state index contributed by atoms with van der Waals surface area (Å²) in [5.41, 5.74) is 0.680. The minimum atomic E-state index is -0.290. The van der Waals surface area contributed by atoms with Crippen LogP contribution < -0.4 is 5.32 Å². The molecule has 0 aromatic heterocycles. The molecule has 1 aromatic carbocycles. The highest BCUT2D eigenvalue weighted by Gasteiger charge is 2.20. The first-order valence-electron chi connectivity index (χ1n) is 7.48. The van der Waals surface area contributed by atoms with Crippen molar-refractivity contribution in [3.63, 3.8) is 0 Å². The summed E-state index contributed by atoms with van der Waals surface area (Å²) >= 11 is 5.85. The van der Waals surface area contributed by atoms with Crippen molar-refractivity contribution in [2.75, 3.05) is 13.2 Å². The summed E-state index contributed by atoms with van der Waals surface area (Å²) < 4.78 is 19.8. The van der Waals surface area contributed by atoms with E-state index in [-0.39, 0.29) is 16.9 Å². The quantitative estimate of drug-likeness (QED) is 0.858. The van der Waals surface area contributed by atoms with Gasteiger partial charge in [-0.15, -0.1) is 0 Å². The molecule has 1 aliphatic rings. The Bertz CT molecular complexity index is 421. The lowest BCUT2D eigenvalue weighted by atomic mass is 9.96. The van der Waals surface area contributed by atoms with Crippen molar-refractivity contribution in [2.45, 2.75) is 51.2 Å². The van der Waals surface area contributed by atoms with E-state index in [0.29, 0.717) is 18.1 Å². The summed E-state index contributed by atoms with van der Waals surface area (Å²) in [6.45, 7) is 3.80. The van der Waals surface area contributed by atoms with Gasteiger partial charge < -0.3 is 10.1 Å². The van der Waals surface area contributed by atoms with Crippen molar-refractivity contribution in [3.05, 3.63) is 34.6 Å². The summed E-state index contributed by atoms with van der Waals surface area (Å²) in [5.74, 6) is -0.290. The third-order valence-corrected chi connectivity index (χ3v) is 4.10. The molecule has 2 unspecified atom stereocenters. The second-order valence-corrected chi connectivity index (χ2v) is 5.80. The van der Waals surface area contributed by atoms with Gasteiger partial charge in [0.25, 0.3) is 0 Å². The molecule has 20 heavy (non-hydrogen) atoms. The SMILES string of the molecule is CCNC(Cc1cccc(Cl)c1F)CC1CCCCO1. The monoisotopic (exact) mass is 299 g/mol. The van der Waals surface area contributed by atoms with Crippen molar-refractivity contribution in [1.29, 1.82) is 0 Å². The minimum Gasteiger partial charge on any atom is -0.378 e. The second-order valence-electron chi connectivity index (χ2n) is 5.40. The molecule has 2 atom stereocenters. The zero-order valence-corrected chi connectivity index (χ0v) is 12.8. The lowest BCUT2D eigenvalue weighted by Crippen LogP contribution is -2.36. The number of halogens is 2. The molecular weight excluding hydrogens is 277 g/mol. The molecule has 1 saturated heterocycles. The van der Waals surface area contributed by atoms with Crippen LogP contribution in [0, 0.1) is 5.82 Å². The Morgan fingerprint density at radius 3 is 3.00 bits per heavy atom. The van der Waals surface area contributed by atoms with Crippen molar-refractivity contribution < 1.29 is 9.13 Å². The van der Waals surface area contributed by atoms with E-state index in [9.17, 15) is 4.39 Å². The molecule has 1 aliphatic heterocycles. The van der Waals surface area contributed by atoms with Crippen LogP contribution >= 0.6 is 11.6 Å². The van der Waals surface area contributed by atoms with Gasteiger partial charge in [0, 0.05) is 12.6 Å². The summed E-state index contributed by atoms with van der Waals surface area (Å²) in [6.07, 6.45) is 5.38. The Hall–Kier alpha value is -0.640. The fourth-order valence-corrected chi connectivity index (χ4v) is 3.00. The first-order valence-corrected chi connectivity index (χ1v) is 7.86. The minimum absolute atomic E-state index is 0.201. The predicted octanol–water partition coefficient (Wildman–Crippen LogP) is 3.96. The molecule has 0 radical (unpaired) electrons. The molecule has 0 bridgehead atoms. The highest BCUT2D eigenvalue weighted by atomic mass is 35.5. The fraction of sp³-hybridized carbons (Fsp3) is 0.625. The van der Waals surface area contributed by atoms with Gasteiger partial charge in [-0.3, -0.25) is 0 Å². The van der Waals surface area contributed by atoms with Gasteiger partial charge >= 0.3 is 0 Å². The molecule has 0 amide bonds. The number of nitrogens with one attached hydrogen (secondary N) is 1. The first-order chi connectivity index (χ1) is 9.70. The van der Waals surface area contributed by atoms with Crippen molar-refractivity contribution >= 4 is 11.6 Å². The average Bonchev–Trinajstić information content (AvgIpc) is 2.45. The summed E-state index contributed by atoms with van der Waals surface area (Å²) in [5, 5.41) is 3.64. The maximum atomic E-state index is 14.0. The molecular formula is C16H23ClFNO. The largest absolute Gasteiger partial charge is 0.378 e. The predicted molar refractivity (Wildman–Crippen MR) is 80.8 cm³/mol. The van der Waals surface area contributed by atoms with E-state index in [4.69, 9.17) is 16.3 Å². The standard InChI is InChI=1S/C16H23ClFNO/c1-2-19-13(11-14-7-3-4-9-20-14)10-12-6-5-8-15(17)16(12)18/h5-6,8,13-14,19H,2-4,7,9-11H2,1H3.